The van der Waals surface area contributed by atoms with Gasteiger partial charge in [-0.2, -0.15) is 0 Å². The van der Waals surface area contributed by atoms with E-state index >= 15 is 0 Å². The average molecular weight is 286 g/mol. The lowest BCUT2D eigenvalue weighted by Gasteiger charge is -2.12. The van der Waals surface area contributed by atoms with Crippen molar-refractivity contribution < 1.29 is 9.66 Å². The molecule has 1 N–H and O–H groups in total. The Hall–Kier alpha value is -2.56. The SMILES string of the molecule is COc1ccc([N+](=O)[O-])cc1NCc1ccc(C)c(C)c1. The van der Waals surface area contributed by atoms with Crippen molar-refractivity contribution in [3.8, 4) is 5.75 Å². The second kappa shape index (κ2) is 6.26. The van der Waals surface area contributed by atoms with E-state index in [0.29, 0.717) is 18.0 Å². The van der Waals surface area contributed by atoms with Crippen molar-refractivity contribution >= 4 is 11.4 Å². The molecule has 0 bridgehead atoms. The number of nitro groups is 1. The zero-order chi connectivity index (χ0) is 15.4. The van der Waals surface area contributed by atoms with Gasteiger partial charge < -0.3 is 10.1 Å². The van der Waals surface area contributed by atoms with Crippen molar-refractivity contribution in [1.82, 2.24) is 0 Å². The van der Waals surface area contributed by atoms with Crippen LogP contribution < -0.4 is 10.1 Å². The smallest absolute Gasteiger partial charge is 0.271 e. The number of non-ortho nitro benzene ring substituents is 1. The number of aryl methyl sites for hydroxylation is 2. The fraction of sp³-hybridized carbons (Fsp3) is 0.250. The van der Waals surface area contributed by atoms with Crippen LogP contribution in [-0.2, 0) is 6.54 Å². The van der Waals surface area contributed by atoms with Gasteiger partial charge in [-0.25, -0.2) is 0 Å². The first-order valence-electron chi connectivity index (χ1n) is 6.63. The highest BCUT2D eigenvalue weighted by atomic mass is 16.6. The van der Waals surface area contributed by atoms with Crippen LogP contribution in [0, 0.1) is 24.0 Å². The summed E-state index contributed by atoms with van der Waals surface area (Å²) in [6.07, 6.45) is 0. The third-order valence-corrected chi connectivity index (χ3v) is 3.45. The predicted molar refractivity (Wildman–Crippen MR) is 82.9 cm³/mol. The van der Waals surface area contributed by atoms with Gasteiger partial charge in [-0.3, -0.25) is 10.1 Å². The van der Waals surface area contributed by atoms with Crippen LogP contribution in [0.25, 0.3) is 0 Å². The monoisotopic (exact) mass is 286 g/mol. The van der Waals surface area contributed by atoms with E-state index in [1.54, 1.807) is 13.2 Å². The molecule has 0 aromatic heterocycles. The Morgan fingerprint density at radius 1 is 1.14 bits per heavy atom. The summed E-state index contributed by atoms with van der Waals surface area (Å²) in [5, 5.41) is 14.0. The Balaban J connectivity index is 2.19. The molecular formula is C16H18N2O3. The molecule has 110 valence electrons. The molecule has 0 unspecified atom stereocenters. The number of nitrogens with one attached hydrogen (secondary N) is 1. The van der Waals surface area contributed by atoms with Gasteiger partial charge in [0.05, 0.1) is 17.7 Å². The first kappa shape index (κ1) is 14.8. The van der Waals surface area contributed by atoms with Gasteiger partial charge in [-0.15, -0.1) is 0 Å². The molecule has 0 aliphatic heterocycles. The van der Waals surface area contributed by atoms with Crippen molar-refractivity contribution in [3.05, 3.63) is 63.2 Å². The number of methoxy groups -OCH3 is 1. The molecule has 21 heavy (non-hydrogen) atoms. The Morgan fingerprint density at radius 2 is 1.90 bits per heavy atom. The Kier molecular flexibility index (Phi) is 4.42. The van der Waals surface area contributed by atoms with Gasteiger partial charge in [-0.1, -0.05) is 18.2 Å². The van der Waals surface area contributed by atoms with Crippen LogP contribution in [0.3, 0.4) is 0 Å². The molecule has 0 spiro atoms. The summed E-state index contributed by atoms with van der Waals surface area (Å²) in [6, 6.07) is 10.7. The highest BCUT2D eigenvalue weighted by Crippen LogP contribution is 2.29. The third-order valence-electron chi connectivity index (χ3n) is 3.45. The normalized spacial score (nSPS) is 10.2. The van der Waals surface area contributed by atoms with E-state index in [-0.39, 0.29) is 5.69 Å². The van der Waals surface area contributed by atoms with Crippen LogP contribution in [-0.4, -0.2) is 12.0 Å². The minimum absolute atomic E-state index is 0.0402. The van der Waals surface area contributed by atoms with Gasteiger partial charge in [0.25, 0.3) is 5.69 Å². The van der Waals surface area contributed by atoms with Crippen molar-refractivity contribution in [1.29, 1.82) is 0 Å². The quantitative estimate of drug-likeness (QED) is 0.670. The number of ether oxygens (including phenoxy) is 1. The summed E-state index contributed by atoms with van der Waals surface area (Å²) < 4.78 is 5.23. The van der Waals surface area contributed by atoms with E-state index < -0.39 is 4.92 Å². The topological polar surface area (TPSA) is 64.4 Å². The summed E-state index contributed by atoms with van der Waals surface area (Å²) in [6.45, 7) is 4.71. The number of anilines is 1. The Labute approximate surface area is 123 Å². The van der Waals surface area contributed by atoms with Crippen LogP contribution in [0.2, 0.25) is 0 Å². The van der Waals surface area contributed by atoms with Crippen LogP contribution in [0.15, 0.2) is 36.4 Å². The second-order valence-electron chi connectivity index (χ2n) is 4.91. The van der Waals surface area contributed by atoms with E-state index in [9.17, 15) is 10.1 Å². The molecule has 0 aliphatic carbocycles. The van der Waals surface area contributed by atoms with Gasteiger partial charge in [0, 0.05) is 18.7 Å². The molecule has 0 radical (unpaired) electrons. The Bertz CT molecular complexity index is 669. The number of hydrogen-bond donors (Lipinski definition) is 1. The standard InChI is InChI=1S/C16H18N2O3/c1-11-4-5-13(8-12(11)2)10-17-15-9-14(18(19)20)6-7-16(15)21-3/h4-9,17H,10H2,1-3H3. The number of benzene rings is 2. The van der Waals surface area contributed by atoms with Gasteiger partial charge in [-0.05, 0) is 36.6 Å². The largest absolute Gasteiger partial charge is 0.495 e. The minimum Gasteiger partial charge on any atom is -0.495 e. The third kappa shape index (κ3) is 3.51. The van der Waals surface area contributed by atoms with Gasteiger partial charge in [0.2, 0.25) is 0 Å². The summed E-state index contributed by atoms with van der Waals surface area (Å²) in [4.78, 5) is 10.4. The summed E-state index contributed by atoms with van der Waals surface area (Å²) in [5.74, 6) is 0.587. The summed E-state index contributed by atoms with van der Waals surface area (Å²) in [7, 11) is 1.54. The number of hydrogen-bond acceptors (Lipinski definition) is 4. The van der Waals surface area contributed by atoms with Crippen molar-refractivity contribution in [2.45, 2.75) is 20.4 Å². The van der Waals surface area contributed by atoms with Gasteiger partial charge in [0.1, 0.15) is 5.75 Å². The molecule has 2 rings (SSSR count). The lowest BCUT2D eigenvalue weighted by atomic mass is 10.1. The van der Waals surface area contributed by atoms with Crippen LogP contribution >= 0.6 is 0 Å². The van der Waals surface area contributed by atoms with E-state index in [0.717, 1.165) is 5.56 Å². The molecule has 2 aromatic carbocycles. The lowest BCUT2D eigenvalue weighted by Crippen LogP contribution is -2.02. The zero-order valence-corrected chi connectivity index (χ0v) is 12.3. The molecular weight excluding hydrogens is 268 g/mol. The Morgan fingerprint density at radius 3 is 2.52 bits per heavy atom. The van der Waals surface area contributed by atoms with E-state index in [1.807, 2.05) is 6.07 Å². The molecule has 0 atom stereocenters. The average Bonchev–Trinajstić information content (AvgIpc) is 2.48. The van der Waals surface area contributed by atoms with Crippen molar-refractivity contribution in [2.75, 3.05) is 12.4 Å². The highest BCUT2D eigenvalue weighted by Gasteiger charge is 2.11. The fourth-order valence-electron chi connectivity index (χ4n) is 2.06. The number of nitrogens with zero attached hydrogens (tertiary/aromatic N) is 1. The van der Waals surface area contributed by atoms with Crippen molar-refractivity contribution in [2.24, 2.45) is 0 Å². The van der Waals surface area contributed by atoms with Crippen LogP contribution in [0.1, 0.15) is 16.7 Å². The predicted octanol–water partition coefficient (Wildman–Crippen LogP) is 3.83. The molecule has 0 saturated carbocycles. The fourth-order valence-corrected chi connectivity index (χ4v) is 2.06. The zero-order valence-electron chi connectivity index (χ0n) is 12.3. The number of rotatable bonds is 5. The van der Waals surface area contributed by atoms with E-state index in [4.69, 9.17) is 4.74 Å². The molecule has 0 heterocycles. The highest BCUT2D eigenvalue weighted by molar-refractivity contribution is 5.61. The summed E-state index contributed by atoms with van der Waals surface area (Å²) in [5.41, 5.74) is 4.24. The van der Waals surface area contributed by atoms with Crippen LogP contribution in [0.4, 0.5) is 11.4 Å². The van der Waals surface area contributed by atoms with Gasteiger partial charge >= 0.3 is 0 Å². The maximum absolute atomic E-state index is 10.8. The van der Waals surface area contributed by atoms with E-state index in [1.165, 1.54) is 23.3 Å². The molecule has 5 heteroatoms. The molecule has 0 amide bonds. The maximum atomic E-state index is 10.8. The van der Waals surface area contributed by atoms with Crippen LogP contribution in [0.5, 0.6) is 5.75 Å². The molecule has 5 nitrogen and oxygen atoms in total. The first-order chi connectivity index (χ1) is 10.0. The second-order valence-corrected chi connectivity index (χ2v) is 4.91. The van der Waals surface area contributed by atoms with Gasteiger partial charge in [0.15, 0.2) is 0 Å². The minimum atomic E-state index is -0.416. The summed E-state index contributed by atoms with van der Waals surface area (Å²) >= 11 is 0. The molecule has 0 fully saturated rings. The molecule has 2 aromatic rings. The molecule has 0 saturated heterocycles. The first-order valence-corrected chi connectivity index (χ1v) is 6.63. The van der Waals surface area contributed by atoms with E-state index in [2.05, 4.69) is 31.3 Å². The number of nitro benzene ring substituents is 1. The van der Waals surface area contributed by atoms with Crippen molar-refractivity contribution in [3.63, 3.8) is 0 Å². The lowest BCUT2D eigenvalue weighted by molar-refractivity contribution is -0.384. The maximum Gasteiger partial charge on any atom is 0.271 e. The molecule has 0 aliphatic rings.